The average Bonchev–Trinajstić information content (AvgIpc) is 2.72. The summed E-state index contributed by atoms with van der Waals surface area (Å²) in [5, 5.41) is 0. The van der Waals surface area contributed by atoms with E-state index in [1.165, 1.54) is 5.56 Å². The molecule has 0 unspecified atom stereocenters. The number of hydrogen-bond acceptors (Lipinski definition) is 2. The van der Waals surface area contributed by atoms with Gasteiger partial charge in [0.05, 0.1) is 7.11 Å². The zero-order chi connectivity index (χ0) is 12.7. The van der Waals surface area contributed by atoms with Crippen molar-refractivity contribution in [3.8, 4) is 16.9 Å². The summed E-state index contributed by atoms with van der Waals surface area (Å²) in [6, 6.07) is 11.7. The molecule has 0 spiro atoms. The lowest BCUT2D eigenvalue weighted by Gasteiger charge is -2.07. The highest BCUT2D eigenvalue weighted by molar-refractivity contribution is 6.22. The number of carbonyl (C=O) groups excluding carboxylic acids is 1. The summed E-state index contributed by atoms with van der Waals surface area (Å²) in [7, 11) is 1.64. The molecule has 0 N–H and O–H groups in total. The van der Waals surface area contributed by atoms with E-state index in [4.69, 9.17) is 4.74 Å². The normalized spacial score (nSPS) is 12.2. The van der Waals surface area contributed by atoms with Gasteiger partial charge in [-0.25, -0.2) is 0 Å². The Morgan fingerprint density at radius 2 is 1.89 bits per heavy atom. The van der Waals surface area contributed by atoms with E-state index >= 15 is 0 Å². The second-order valence-corrected chi connectivity index (χ2v) is 4.45. The molecule has 0 fully saturated rings. The van der Waals surface area contributed by atoms with Crippen molar-refractivity contribution in [2.75, 3.05) is 7.11 Å². The number of methoxy groups -OCH3 is 1. The van der Waals surface area contributed by atoms with Gasteiger partial charge in [0.2, 0.25) is 0 Å². The molecule has 0 saturated heterocycles. The van der Waals surface area contributed by atoms with Crippen LogP contribution < -0.4 is 4.74 Å². The smallest absolute Gasteiger partial charge is 0.194 e. The Kier molecular flexibility index (Phi) is 2.44. The number of hydrogen-bond donors (Lipinski definition) is 0. The van der Waals surface area contributed by atoms with Crippen molar-refractivity contribution < 1.29 is 9.53 Å². The molecule has 0 aliphatic heterocycles. The molecule has 0 heterocycles. The lowest BCUT2D eigenvalue weighted by Crippen LogP contribution is -1.96. The summed E-state index contributed by atoms with van der Waals surface area (Å²) in [5.74, 6) is 0.873. The summed E-state index contributed by atoms with van der Waals surface area (Å²) >= 11 is 0. The molecule has 0 amide bonds. The van der Waals surface area contributed by atoms with Gasteiger partial charge in [0, 0.05) is 16.7 Å². The molecular formula is C16H14O2. The maximum Gasteiger partial charge on any atom is 0.194 e. The van der Waals surface area contributed by atoms with Crippen LogP contribution in [0.2, 0.25) is 0 Å². The molecule has 1 aliphatic carbocycles. The minimum Gasteiger partial charge on any atom is -0.496 e. The van der Waals surface area contributed by atoms with E-state index in [0.29, 0.717) is 0 Å². The molecule has 2 nitrogen and oxygen atoms in total. The van der Waals surface area contributed by atoms with E-state index in [-0.39, 0.29) is 5.78 Å². The Balaban J connectivity index is 2.30. The Morgan fingerprint density at radius 1 is 1.06 bits per heavy atom. The fourth-order valence-electron chi connectivity index (χ4n) is 2.53. The molecular weight excluding hydrogens is 224 g/mol. The first-order valence-electron chi connectivity index (χ1n) is 6.11. The van der Waals surface area contributed by atoms with Gasteiger partial charge in [-0.2, -0.15) is 0 Å². The highest BCUT2D eigenvalue weighted by Crippen LogP contribution is 2.42. The number of fused-ring (bicyclic) bond motifs is 3. The molecule has 0 bridgehead atoms. The Bertz CT molecular complexity index is 642. The van der Waals surface area contributed by atoms with Crippen molar-refractivity contribution in [1.82, 2.24) is 0 Å². The molecule has 0 radical (unpaired) electrons. The summed E-state index contributed by atoms with van der Waals surface area (Å²) in [6.45, 7) is 2.09. The number of carbonyl (C=O) groups is 1. The van der Waals surface area contributed by atoms with E-state index in [2.05, 4.69) is 13.0 Å². The van der Waals surface area contributed by atoms with E-state index in [1.807, 2.05) is 30.3 Å². The topological polar surface area (TPSA) is 26.3 Å². The molecule has 2 heteroatoms. The lowest BCUT2D eigenvalue weighted by atomic mass is 10.0. The number of ether oxygens (including phenoxy) is 1. The van der Waals surface area contributed by atoms with Crippen LogP contribution in [0.25, 0.3) is 11.1 Å². The molecule has 1 aliphatic rings. The first-order chi connectivity index (χ1) is 8.76. The summed E-state index contributed by atoms with van der Waals surface area (Å²) in [5.41, 5.74) is 4.66. The highest BCUT2D eigenvalue weighted by atomic mass is 16.5. The van der Waals surface area contributed by atoms with Crippen LogP contribution in [0.1, 0.15) is 28.4 Å². The van der Waals surface area contributed by atoms with Crippen molar-refractivity contribution in [2.24, 2.45) is 0 Å². The zero-order valence-electron chi connectivity index (χ0n) is 10.5. The predicted molar refractivity (Wildman–Crippen MR) is 71.2 cm³/mol. The maximum absolute atomic E-state index is 12.4. The monoisotopic (exact) mass is 238 g/mol. The minimum atomic E-state index is 0.106. The molecule has 18 heavy (non-hydrogen) atoms. The molecule has 2 aromatic carbocycles. The fraction of sp³-hybridized carbons (Fsp3) is 0.188. The van der Waals surface area contributed by atoms with Crippen molar-refractivity contribution >= 4 is 5.78 Å². The van der Waals surface area contributed by atoms with Gasteiger partial charge < -0.3 is 4.74 Å². The van der Waals surface area contributed by atoms with Crippen molar-refractivity contribution in [2.45, 2.75) is 13.3 Å². The van der Waals surface area contributed by atoms with Crippen LogP contribution in [0.3, 0.4) is 0 Å². The van der Waals surface area contributed by atoms with Crippen LogP contribution in [0.4, 0.5) is 0 Å². The minimum absolute atomic E-state index is 0.106. The first-order valence-corrected chi connectivity index (χ1v) is 6.11. The van der Waals surface area contributed by atoms with E-state index in [0.717, 1.165) is 34.4 Å². The second kappa shape index (κ2) is 3.98. The second-order valence-electron chi connectivity index (χ2n) is 4.45. The third-order valence-corrected chi connectivity index (χ3v) is 3.50. The molecule has 0 saturated carbocycles. The SMILES string of the molecule is CCc1ccc2c(c1)C(=O)c1cccc(OC)c1-2. The molecule has 2 aromatic rings. The van der Waals surface area contributed by atoms with E-state index in [9.17, 15) is 4.79 Å². The largest absolute Gasteiger partial charge is 0.496 e. The lowest BCUT2D eigenvalue weighted by molar-refractivity contribution is 0.104. The number of rotatable bonds is 2. The van der Waals surface area contributed by atoms with Crippen LogP contribution >= 0.6 is 0 Å². The van der Waals surface area contributed by atoms with Gasteiger partial charge in [0.1, 0.15) is 5.75 Å². The van der Waals surface area contributed by atoms with Gasteiger partial charge >= 0.3 is 0 Å². The predicted octanol–water partition coefficient (Wildman–Crippen LogP) is 3.47. The van der Waals surface area contributed by atoms with Gasteiger partial charge in [-0.3, -0.25) is 4.79 Å². The Hall–Kier alpha value is -2.09. The van der Waals surface area contributed by atoms with Crippen LogP contribution in [0.15, 0.2) is 36.4 Å². The zero-order valence-corrected chi connectivity index (χ0v) is 10.5. The van der Waals surface area contributed by atoms with Crippen molar-refractivity contribution in [3.05, 3.63) is 53.1 Å². The van der Waals surface area contributed by atoms with E-state index < -0.39 is 0 Å². The number of aryl methyl sites for hydroxylation is 1. The van der Waals surface area contributed by atoms with Gasteiger partial charge in [-0.15, -0.1) is 0 Å². The van der Waals surface area contributed by atoms with Crippen LogP contribution in [-0.4, -0.2) is 12.9 Å². The Morgan fingerprint density at radius 3 is 2.61 bits per heavy atom. The number of benzene rings is 2. The van der Waals surface area contributed by atoms with Crippen LogP contribution in [-0.2, 0) is 6.42 Å². The maximum atomic E-state index is 12.4. The first kappa shape index (κ1) is 11.0. The highest BCUT2D eigenvalue weighted by Gasteiger charge is 2.29. The van der Waals surface area contributed by atoms with Gasteiger partial charge in [0.15, 0.2) is 5.78 Å². The van der Waals surface area contributed by atoms with Crippen molar-refractivity contribution in [3.63, 3.8) is 0 Å². The van der Waals surface area contributed by atoms with Gasteiger partial charge in [-0.1, -0.05) is 31.2 Å². The third-order valence-electron chi connectivity index (χ3n) is 3.50. The average molecular weight is 238 g/mol. The molecule has 90 valence electrons. The summed E-state index contributed by atoms with van der Waals surface area (Å²) in [6.07, 6.45) is 0.939. The molecule has 0 aromatic heterocycles. The standard InChI is InChI=1S/C16H14O2/c1-3-10-7-8-11-13(9-10)16(17)12-5-4-6-14(18-2)15(11)12/h4-9H,3H2,1-2H3. The van der Waals surface area contributed by atoms with Crippen LogP contribution in [0, 0.1) is 0 Å². The van der Waals surface area contributed by atoms with Gasteiger partial charge in [0.25, 0.3) is 0 Å². The van der Waals surface area contributed by atoms with Crippen LogP contribution in [0.5, 0.6) is 5.75 Å². The van der Waals surface area contributed by atoms with Gasteiger partial charge in [-0.05, 0) is 29.7 Å². The summed E-state index contributed by atoms with van der Waals surface area (Å²) in [4.78, 5) is 12.4. The third kappa shape index (κ3) is 1.39. The molecule has 0 atom stereocenters. The Labute approximate surface area is 106 Å². The fourth-order valence-corrected chi connectivity index (χ4v) is 2.53. The number of ketones is 1. The molecule has 3 rings (SSSR count). The quantitative estimate of drug-likeness (QED) is 0.683. The summed E-state index contributed by atoms with van der Waals surface area (Å²) < 4.78 is 5.37. The van der Waals surface area contributed by atoms with Crippen molar-refractivity contribution in [1.29, 1.82) is 0 Å². The van der Waals surface area contributed by atoms with E-state index in [1.54, 1.807) is 7.11 Å².